The van der Waals surface area contributed by atoms with E-state index in [9.17, 15) is 0 Å². The molecule has 0 saturated heterocycles. The first-order chi connectivity index (χ1) is 6.25. The molecule has 0 unspecified atom stereocenters. The van der Waals surface area contributed by atoms with Crippen molar-refractivity contribution in [3.05, 3.63) is 39.9 Å². The minimum atomic E-state index is 1.02. The lowest BCUT2D eigenvalue weighted by atomic mass is 10.1. The number of hydrogen-bond acceptors (Lipinski definition) is 0. The summed E-state index contributed by atoms with van der Waals surface area (Å²) in [7, 11) is 0. The maximum atomic E-state index is 3.51. The highest BCUT2D eigenvalue weighted by Crippen LogP contribution is 2.20. The summed E-state index contributed by atoms with van der Waals surface area (Å²) in [6, 6.07) is 6.26. The second kappa shape index (κ2) is 5.61. The minimum Gasteiger partial charge on any atom is -0.0925 e. The molecule has 0 spiro atoms. The third kappa shape index (κ3) is 3.28. The molecule has 1 aromatic carbocycles. The number of hydrogen-bond donors (Lipinski definition) is 0. The molecule has 0 atom stereocenters. The van der Waals surface area contributed by atoms with Crippen LogP contribution in [0.25, 0.3) is 6.08 Å². The third-order valence-corrected chi connectivity index (χ3v) is 3.20. The predicted molar refractivity (Wildman–Crippen MR) is 66.3 cm³/mol. The van der Waals surface area contributed by atoms with Crippen LogP contribution >= 0.6 is 31.9 Å². The van der Waals surface area contributed by atoms with Gasteiger partial charge < -0.3 is 0 Å². The van der Waals surface area contributed by atoms with Gasteiger partial charge in [0.05, 0.1) is 0 Å². The fourth-order valence-corrected chi connectivity index (χ4v) is 1.72. The van der Waals surface area contributed by atoms with Crippen LogP contribution < -0.4 is 0 Å². The molecular formula is C11H12Br2. The normalized spacial score (nSPS) is 11.0. The van der Waals surface area contributed by atoms with Gasteiger partial charge in [-0.15, -0.1) is 0 Å². The van der Waals surface area contributed by atoms with Gasteiger partial charge in [0, 0.05) is 9.80 Å². The maximum Gasteiger partial charge on any atom is 0.0210 e. The largest absolute Gasteiger partial charge is 0.0925 e. The van der Waals surface area contributed by atoms with Gasteiger partial charge in [-0.1, -0.05) is 56.1 Å². The van der Waals surface area contributed by atoms with E-state index >= 15 is 0 Å². The zero-order chi connectivity index (χ0) is 9.68. The number of alkyl halides is 1. The molecule has 0 heterocycles. The Labute approximate surface area is 96.3 Å². The maximum absolute atomic E-state index is 3.51. The Morgan fingerprint density at radius 2 is 2.15 bits per heavy atom. The van der Waals surface area contributed by atoms with Gasteiger partial charge in [0.2, 0.25) is 0 Å². The topological polar surface area (TPSA) is 0 Å². The summed E-state index contributed by atoms with van der Waals surface area (Å²) in [5.41, 5.74) is 2.59. The lowest BCUT2D eigenvalue weighted by Crippen LogP contribution is -1.81. The SMILES string of the molecule is Cc1c(Br)cccc1C=CCCBr. The molecule has 0 aliphatic heterocycles. The molecule has 0 aliphatic rings. The van der Waals surface area contributed by atoms with Crippen molar-refractivity contribution in [2.75, 3.05) is 5.33 Å². The number of halogens is 2. The van der Waals surface area contributed by atoms with Crippen LogP contribution in [0.15, 0.2) is 28.7 Å². The molecule has 0 radical (unpaired) electrons. The first kappa shape index (κ1) is 11.0. The summed E-state index contributed by atoms with van der Waals surface area (Å²) in [5, 5.41) is 1.02. The molecule has 13 heavy (non-hydrogen) atoms. The smallest absolute Gasteiger partial charge is 0.0210 e. The van der Waals surface area contributed by atoms with Crippen LogP contribution in [-0.2, 0) is 0 Å². The van der Waals surface area contributed by atoms with E-state index in [4.69, 9.17) is 0 Å². The Morgan fingerprint density at radius 3 is 2.85 bits per heavy atom. The highest BCUT2D eigenvalue weighted by Gasteiger charge is 1.96. The third-order valence-electron chi connectivity index (χ3n) is 1.88. The van der Waals surface area contributed by atoms with Crippen molar-refractivity contribution in [2.45, 2.75) is 13.3 Å². The summed E-state index contributed by atoms with van der Waals surface area (Å²) in [4.78, 5) is 0. The molecule has 0 N–H and O–H groups in total. The quantitative estimate of drug-likeness (QED) is 0.718. The second-order valence-electron chi connectivity index (χ2n) is 2.83. The standard InChI is InChI=1S/C11H12Br2/c1-9-10(5-2-3-8-12)6-4-7-11(9)13/h2,4-7H,3,8H2,1H3. The molecule has 0 saturated carbocycles. The Kier molecular flexibility index (Phi) is 4.74. The molecule has 0 fully saturated rings. The van der Waals surface area contributed by atoms with Crippen molar-refractivity contribution in [3.8, 4) is 0 Å². The zero-order valence-electron chi connectivity index (χ0n) is 7.56. The lowest BCUT2D eigenvalue weighted by molar-refractivity contribution is 1.27. The molecule has 2 heteroatoms. The zero-order valence-corrected chi connectivity index (χ0v) is 10.7. The van der Waals surface area contributed by atoms with E-state index in [1.165, 1.54) is 15.6 Å². The van der Waals surface area contributed by atoms with E-state index in [0.29, 0.717) is 0 Å². The highest BCUT2D eigenvalue weighted by molar-refractivity contribution is 9.10. The number of benzene rings is 1. The average molecular weight is 304 g/mol. The molecular weight excluding hydrogens is 292 g/mol. The molecule has 0 amide bonds. The van der Waals surface area contributed by atoms with Gasteiger partial charge in [-0.05, 0) is 30.5 Å². The van der Waals surface area contributed by atoms with Crippen LogP contribution in [0.4, 0.5) is 0 Å². The van der Waals surface area contributed by atoms with Crippen molar-refractivity contribution in [1.82, 2.24) is 0 Å². The van der Waals surface area contributed by atoms with E-state index in [1.54, 1.807) is 0 Å². The summed E-state index contributed by atoms with van der Waals surface area (Å²) in [6.07, 6.45) is 5.43. The van der Waals surface area contributed by atoms with Gasteiger partial charge in [0.15, 0.2) is 0 Å². The van der Waals surface area contributed by atoms with Crippen molar-refractivity contribution in [2.24, 2.45) is 0 Å². The van der Waals surface area contributed by atoms with E-state index in [-0.39, 0.29) is 0 Å². The number of allylic oxidation sites excluding steroid dienone is 1. The summed E-state index contributed by atoms with van der Waals surface area (Å²) in [5.74, 6) is 0. The highest BCUT2D eigenvalue weighted by atomic mass is 79.9. The molecule has 0 nitrogen and oxygen atoms in total. The second-order valence-corrected chi connectivity index (χ2v) is 4.48. The molecule has 0 bridgehead atoms. The molecule has 70 valence electrons. The summed E-state index contributed by atoms with van der Waals surface area (Å²) >= 11 is 6.91. The monoisotopic (exact) mass is 302 g/mol. The number of rotatable bonds is 3. The first-order valence-corrected chi connectivity index (χ1v) is 6.14. The Morgan fingerprint density at radius 1 is 1.38 bits per heavy atom. The van der Waals surface area contributed by atoms with Crippen LogP contribution in [-0.4, -0.2) is 5.33 Å². The summed E-state index contributed by atoms with van der Waals surface area (Å²) < 4.78 is 1.17. The predicted octanol–water partition coefficient (Wildman–Crippen LogP) is 4.56. The summed E-state index contributed by atoms with van der Waals surface area (Å²) in [6.45, 7) is 2.12. The lowest BCUT2D eigenvalue weighted by Gasteiger charge is -2.01. The van der Waals surface area contributed by atoms with Crippen molar-refractivity contribution in [3.63, 3.8) is 0 Å². The average Bonchev–Trinajstić information content (AvgIpc) is 2.13. The van der Waals surface area contributed by atoms with Crippen molar-refractivity contribution < 1.29 is 0 Å². The van der Waals surface area contributed by atoms with Crippen LogP contribution in [0.1, 0.15) is 17.5 Å². The molecule has 0 aromatic heterocycles. The minimum absolute atomic E-state index is 1.02. The molecule has 1 rings (SSSR count). The van der Waals surface area contributed by atoms with Crippen LogP contribution in [0.5, 0.6) is 0 Å². The Bertz CT molecular complexity index is 303. The first-order valence-electron chi connectivity index (χ1n) is 4.23. The van der Waals surface area contributed by atoms with Gasteiger partial charge in [0.25, 0.3) is 0 Å². The van der Waals surface area contributed by atoms with E-state index < -0.39 is 0 Å². The fraction of sp³-hybridized carbons (Fsp3) is 0.273. The molecule has 1 aromatic rings. The van der Waals surface area contributed by atoms with E-state index in [1.807, 2.05) is 0 Å². The van der Waals surface area contributed by atoms with E-state index in [2.05, 4.69) is 69.1 Å². The molecule has 0 aliphatic carbocycles. The van der Waals surface area contributed by atoms with Crippen LogP contribution in [0, 0.1) is 6.92 Å². The van der Waals surface area contributed by atoms with Crippen molar-refractivity contribution in [1.29, 1.82) is 0 Å². The van der Waals surface area contributed by atoms with Crippen molar-refractivity contribution >= 4 is 37.9 Å². The van der Waals surface area contributed by atoms with Gasteiger partial charge in [-0.2, -0.15) is 0 Å². The van der Waals surface area contributed by atoms with Gasteiger partial charge in [0.1, 0.15) is 0 Å². The van der Waals surface area contributed by atoms with Gasteiger partial charge >= 0.3 is 0 Å². The van der Waals surface area contributed by atoms with Gasteiger partial charge in [-0.25, -0.2) is 0 Å². The van der Waals surface area contributed by atoms with E-state index in [0.717, 1.165) is 11.8 Å². The Balaban J connectivity index is 2.83. The van der Waals surface area contributed by atoms with Gasteiger partial charge in [-0.3, -0.25) is 0 Å². The van der Waals surface area contributed by atoms with Crippen LogP contribution in [0.2, 0.25) is 0 Å². The fourth-order valence-electron chi connectivity index (χ4n) is 1.08. The Hall–Kier alpha value is -0.0800. The van der Waals surface area contributed by atoms with Crippen LogP contribution in [0.3, 0.4) is 0 Å².